The molecule has 0 radical (unpaired) electrons. The summed E-state index contributed by atoms with van der Waals surface area (Å²) in [5, 5.41) is 3.66. The Morgan fingerprint density at radius 2 is 1.82 bits per heavy atom. The fourth-order valence-corrected chi connectivity index (χ4v) is 4.62. The highest BCUT2D eigenvalue weighted by Crippen LogP contribution is 2.48. The number of nitrogens with one attached hydrogen (secondary N) is 1. The van der Waals surface area contributed by atoms with E-state index < -0.39 is 10.8 Å². The molecule has 0 aromatic rings. The van der Waals surface area contributed by atoms with Crippen molar-refractivity contribution in [2.24, 2.45) is 5.41 Å². The Labute approximate surface area is 108 Å². The van der Waals surface area contributed by atoms with Gasteiger partial charge in [-0.1, -0.05) is 12.8 Å². The topological polar surface area (TPSA) is 29.1 Å². The Hall–Kier alpha value is 0.110. The Bertz CT molecular complexity index is 263. The lowest BCUT2D eigenvalue weighted by Gasteiger charge is -2.38. The molecule has 2 rings (SSSR count). The lowest BCUT2D eigenvalue weighted by Crippen LogP contribution is -2.43. The van der Waals surface area contributed by atoms with Gasteiger partial charge in [0.2, 0.25) is 0 Å². The van der Waals surface area contributed by atoms with Gasteiger partial charge in [-0.3, -0.25) is 4.21 Å². The summed E-state index contributed by atoms with van der Waals surface area (Å²) in [6, 6.07) is 1.09. The molecule has 1 spiro atoms. The van der Waals surface area contributed by atoms with Crippen molar-refractivity contribution in [3.8, 4) is 0 Å². The van der Waals surface area contributed by atoms with Gasteiger partial charge in [0.15, 0.2) is 0 Å². The number of rotatable bonds is 4. The maximum atomic E-state index is 11.2. The first-order chi connectivity index (χ1) is 8.10. The summed E-state index contributed by atoms with van der Waals surface area (Å²) in [7, 11) is -0.671. The predicted molar refractivity (Wildman–Crippen MR) is 74.7 cm³/mol. The third-order valence-electron chi connectivity index (χ3n) is 4.72. The zero-order valence-electron chi connectivity index (χ0n) is 11.3. The van der Waals surface area contributed by atoms with Crippen LogP contribution in [0.15, 0.2) is 0 Å². The maximum Gasteiger partial charge on any atom is 0.0383 e. The van der Waals surface area contributed by atoms with Crippen LogP contribution in [-0.2, 0) is 10.8 Å². The minimum atomic E-state index is -0.671. The van der Waals surface area contributed by atoms with E-state index in [1.54, 1.807) is 6.26 Å². The van der Waals surface area contributed by atoms with Gasteiger partial charge in [-0.15, -0.1) is 0 Å². The van der Waals surface area contributed by atoms with Crippen LogP contribution in [0.3, 0.4) is 0 Å². The van der Waals surface area contributed by atoms with Crippen LogP contribution in [0.2, 0.25) is 0 Å². The van der Waals surface area contributed by atoms with Crippen molar-refractivity contribution in [3.05, 3.63) is 0 Å². The summed E-state index contributed by atoms with van der Waals surface area (Å²) >= 11 is 0. The van der Waals surface area contributed by atoms with E-state index in [2.05, 4.69) is 12.2 Å². The van der Waals surface area contributed by atoms with Gasteiger partial charge >= 0.3 is 0 Å². The fourth-order valence-electron chi connectivity index (χ4n) is 3.82. The van der Waals surface area contributed by atoms with E-state index >= 15 is 0 Å². The second-order valence-corrected chi connectivity index (χ2v) is 7.77. The quantitative estimate of drug-likeness (QED) is 0.839. The monoisotopic (exact) mass is 257 g/mol. The summed E-state index contributed by atoms with van der Waals surface area (Å²) in [5.41, 5.74) is 0.731. The smallest absolute Gasteiger partial charge is 0.0383 e. The molecular weight excluding hydrogens is 230 g/mol. The molecule has 0 aromatic carbocycles. The van der Waals surface area contributed by atoms with Crippen LogP contribution in [0, 0.1) is 5.41 Å². The molecule has 2 fully saturated rings. The molecule has 3 heteroatoms. The molecule has 2 unspecified atom stereocenters. The summed E-state index contributed by atoms with van der Waals surface area (Å²) in [6.45, 7) is 2.17. The molecule has 2 saturated carbocycles. The maximum absolute atomic E-state index is 11.2. The van der Waals surface area contributed by atoms with Crippen LogP contribution >= 0.6 is 0 Å². The van der Waals surface area contributed by atoms with Crippen molar-refractivity contribution in [1.29, 1.82) is 0 Å². The minimum Gasteiger partial charge on any atom is -0.311 e. The average Bonchev–Trinajstić information content (AvgIpc) is 2.69. The Kier molecular flexibility index (Phi) is 4.65. The highest BCUT2D eigenvalue weighted by atomic mass is 32.2. The molecule has 0 bridgehead atoms. The molecule has 0 aliphatic heterocycles. The molecule has 2 atom stereocenters. The second kappa shape index (κ2) is 5.83. The highest BCUT2D eigenvalue weighted by Gasteiger charge is 2.37. The molecule has 2 aliphatic carbocycles. The van der Waals surface area contributed by atoms with Gasteiger partial charge in [0, 0.05) is 34.9 Å². The van der Waals surface area contributed by atoms with Crippen LogP contribution in [-0.4, -0.2) is 28.3 Å². The van der Waals surface area contributed by atoms with Gasteiger partial charge in [0.1, 0.15) is 0 Å². The normalized spacial score (nSPS) is 28.4. The lowest BCUT2D eigenvalue weighted by molar-refractivity contribution is 0.165. The molecule has 2 aliphatic rings. The van der Waals surface area contributed by atoms with E-state index in [1.807, 2.05) is 0 Å². The van der Waals surface area contributed by atoms with Crippen LogP contribution in [0.25, 0.3) is 0 Å². The highest BCUT2D eigenvalue weighted by molar-refractivity contribution is 7.84. The first kappa shape index (κ1) is 13.5. The van der Waals surface area contributed by atoms with Gasteiger partial charge in [-0.2, -0.15) is 0 Å². The third kappa shape index (κ3) is 3.78. The Balaban J connectivity index is 1.73. The van der Waals surface area contributed by atoms with Gasteiger partial charge in [0.05, 0.1) is 0 Å². The van der Waals surface area contributed by atoms with Crippen LogP contribution < -0.4 is 5.32 Å². The van der Waals surface area contributed by atoms with Gasteiger partial charge in [-0.25, -0.2) is 0 Å². The van der Waals surface area contributed by atoms with Gasteiger partial charge in [0.25, 0.3) is 0 Å². The van der Waals surface area contributed by atoms with Crippen molar-refractivity contribution in [3.63, 3.8) is 0 Å². The van der Waals surface area contributed by atoms with E-state index in [4.69, 9.17) is 0 Å². The molecule has 100 valence electrons. The van der Waals surface area contributed by atoms with Crippen LogP contribution in [0.5, 0.6) is 0 Å². The van der Waals surface area contributed by atoms with Crippen molar-refractivity contribution < 1.29 is 4.21 Å². The molecule has 0 amide bonds. The molecular formula is C14H27NOS. The van der Waals surface area contributed by atoms with E-state index in [1.165, 1.54) is 51.4 Å². The Morgan fingerprint density at radius 1 is 1.24 bits per heavy atom. The molecule has 0 saturated heterocycles. The summed E-state index contributed by atoms with van der Waals surface area (Å²) < 4.78 is 11.2. The zero-order chi connectivity index (χ0) is 12.3. The Morgan fingerprint density at radius 3 is 2.35 bits per heavy atom. The molecule has 0 aromatic heterocycles. The molecule has 2 nitrogen and oxygen atoms in total. The third-order valence-corrected chi connectivity index (χ3v) is 5.68. The van der Waals surface area contributed by atoms with E-state index in [0.29, 0.717) is 12.1 Å². The molecule has 1 N–H and O–H groups in total. The number of hydrogen-bond acceptors (Lipinski definition) is 2. The van der Waals surface area contributed by atoms with E-state index in [0.717, 1.165) is 11.2 Å². The fraction of sp³-hybridized carbons (Fsp3) is 1.00. The van der Waals surface area contributed by atoms with Crippen molar-refractivity contribution >= 4 is 10.8 Å². The van der Waals surface area contributed by atoms with Gasteiger partial charge < -0.3 is 5.32 Å². The van der Waals surface area contributed by atoms with E-state index in [-0.39, 0.29) is 0 Å². The SMILES string of the molecule is CC(CS(C)=O)NC1CCC2(CCCC2)CC1. The van der Waals surface area contributed by atoms with Crippen molar-refractivity contribution in [1.82, 2.24) is 5.32 Å². The summed E-state index contributed by atoms with van der Waals surface area (Å²) in [4.78, 5) is 0. The lowest BCUT2D eigenvalue weighted by atomic mass is 9.71. The first-order valence-electron chi connectivity index (χ1n) is 7.16. The van der Waals surface area contributed by atoms with E-state index in [9.17, 15) is 4.21 Å². The second-order valence-electron chi connectivity index (χ2n) is 6.29. The first-order valence-corrected chi connectivity index (χ1v) is 8.88. The standard InChI is InChI=1S/C14H27NOS/c1-12(11-17(2)16)15-13-5-9-14(10-6-13)7-3-4-8-14/h12-13,15H,3-11H2,1-2H3. The summed E-state index contributed by atoms with van der Waals surface area (Å²) in [5.74, 6) is 0.793. The summed E-state index contributed by atoms with van der Waals surface area (Å²) in [6.07, 6.45) is 13.2. The predicted octanol–water partition coefficient (Wildman–Crippen LogP) is 2.85. The zero-order valence-corrected chi connectivity index (χ0v) is 12.2. The molecule has 17 heavy (non-hydrogen) atoms. The number of hydrogen-bond donors (Lipinski definition) is 1. The minimum absolute atomic E-state index is 0.406. The van der Waals surface area contributed by atoms with Gasteiger partial charge in [-0.05, 0) is 50.9 Å². The average molecular weight is 257 g/mol. The van der Waals surface area contributed by atoms with Crippen LogP contribution in [0.4, 0.5) is 0 Å². The van der Waals surface area contributed by atoms with Crippen molar-refractivity contribution in [2.45, 2.75) is 70.4 Å². The molecule has 0 heterocycles. The largest absolute Gasteiger partial charge is 0.311 e. The van der Waals surface area contributed by atoms with Crippen LogP contribution in [0.1, 0.15) is 58.3 Å². The van der Waals surface area contributed by atoms with Crippen molar-refractivity contribution in [2.75, 3.05) is 12.0 Å².